The highest BCUT2D eigenvalue weighted by Crippen LogP contribution is 2.13. The van der Waals surface area contributed by atoms with Gasteiger partial charge in [0.05, 0.1) is 18.3 Å². The average molecular weight is 309 g/mol. The molecule has 0 spiro atoms. The third-order valence-corrected chi connectivity index (χ3v) is 2.81. The van der Waals surface area contributed by atoms with E-state index in [1.807, 2.05) is 0 Å². The summed E-state index contributed by atoms with van der Waals surface area (Å²) in [5.74, 6) is -0.573. The Balaban J connectivity index is 2.63. The van der Waals surface area contributed by atoms with E-state index in [4.69, 9.17) is 33.6 Å². The molecule has 6 nitrogen and oxygen atoms in total. The number of carbonyl (C=O) groups is 1. The van der Waals surface area contributed by atoms with Crippen LogP contribution in [0.3, 0.4) is 0 Å². The molecule has 0 aliphatic heterocycles. The third-order valence-electron chi connectivity index (χ3n) is 2.41. The van der Waals surface area contributed by atoms with Crippen LogP contribution >= 0.6 is 23.2 Å². The molecule has 1 atom stereocenters. The molecular weight excluding hydrogens is 295 g/mol. The second-order valence-corrected chi connectivity index (χ2v) is 4.95. The molecule has 4 N–H and O–H groups in total. The van der Waals surface area contributed by atoms with E-state index in [0.29, 0.717) is 6.42 Å². The molecule has 19 heavy (non-hydrogen) atoms. The van der Waals surface area contributed by atoms with Crippen molar-refractivity contribution in [3.8, 4) is 0 Å². The number of nitrogens with zero attached hydrogens (tertiary/aromatic N) is 1. The van der Waals surface area contributed by atoms with E-state index < -0.39 is 16.8 Å². The number of anilines is 1. The number of hydrogen-bond donors (Lipinski definition) is 4. The van der Waals surface area contributed by atoms with Gasteiger partial charge in [0.1, 0.15) is 0 Å². The Bertz CT molecular complexity index is 412. The molecule has 0 fully saturated rings. The molecule has 106 valence electrons. The summed E-state index contributed by atoms with van der Waals surface area (Å²) in [6.07, 6.45) is 0.361. The van der Waals surface area contributed by atoms with E-state index in [2.05, 4.69) is 5.32 Å². The number of hydrogen-bond acceptors (Lipinski definition) is 5. The average Bonchev–Trinajstić information content (AvgIpc) is 2.38. The molecule has 0 unspecified atom stereocenters. The Morgan fingerprint density at radius 2 is 1.84 bits per heavy atom. The second-order valence-electron chi connectivity index (χ2n) is 3.85. The van der Waals surface area contributed by atoms with Gasteiger partial charge in [0.25, 0.3) is 5.91 Å². The van der Waals surface area contributed by atoms with Gasteiger partial charge in [-0.15, -0.1) is 5.23 Å². The summed E-state index contributed by atoms with van der Waals surface area (Å²) in [6.45, 7) is -0.264. The van der Waals surface area contributed by atoms with Gasteiger partial charge in [0.2, 0.25) is 0 Å². The van der Waals surface area contributed by atoms with Crippen LogP contribution in [0.1, 0.15) is 5.56 Å². The van der Waals surface area contributed by atoms with Gasteiger partial charge in [-0.2, -0.15) is 0 Å². The number of aliphatic hydroxyl groups is 1. The van der Waals surface area contributed by atoms with Crippen LogP contribution in [-0.4, -0.2) is 38.9 Å². The summed E-state index contributed by atoms with van der Waals surface area (Å²) in [5, 5.41) is 29.2. The van der Waals surface area contributed by atoms with E-state index in [9.17, 15) is 9.90 Å². The molecule has 0 aliphatic carbocycles. The Hall–Kier alpha value is -1.05. The van der Waals surface area contributed by atoms with Crippen LogP contribution < -0.4 is 10.5 Å². The molecule has 1 aromatic rings. The molecule has 1 rings (SSSR count). The lowest BCUT2D eigenvalue weighted by Crippen LogP contribution is -2.41. The molecule has 0 aliphatic rings. The smallest absolute Gasteiger partial charge is 0.253 e. The summed E-state index contributed by atoms with van der Waals surface area (Å²) in [7, 11) is 0. The van der Waals surface area contributed by atoms with E-state index in [1.165, 1.54) is 12.1 Å². The van der Waals surface area contributed by atoms with Gasteiger partial charge < -0.3 is 10.4 Å². The zero-order valence-electron chi connectivity index (χ0n) is 9.83. The van der Waals surface area contributed by atoms with Crippen LogP contribution in [0.25, 0.3) is 0 Å². The highest BCUT2D eigenvalue weighted by molar-refractivity contribution is 6.53. The van der Waals surface area contributed by atoms with Crippen LogP contribution in [0.2, 0.25) is 0 Å². The first-order valence-corrected chi connectivity index (χ1v) is 6.27. The van der Waals surface area contributed by atoms with E-state index >= 15 is 0 Å². The number of rotatable bonds is 6. The largest absolute Gasteiger partial charge is 0.394 e. The molecule has 0 saturated carbocycles. The molecule has 0 aromatic heterocycles. The number of aliphatic hydroxyl groups excluding tert-OH is 1. The summed E-state index contributed by atoms with van der Waals surface area (Å²) in [4.78, 5) is 10.1. The summed E-state index contributed by atoms with van der Waals surface area (Å²) in [5.41, 5.74) is 1.00. The molecule has 1 aromatic carbocycles. The van der Waals surface area contributed by atoms with Gasteiger partial charge in [-0.25, -0.2) is 0 Å². The molecular formula is C11H14Cl2N2O4. The van der Waals surface area contributed by atoms with Crippen LogP contribution in [0.5, 0.6) is 0 Å². The number of carbonyl (C=O) groups excluding carboxylic acids is 1. The zero-order chi connectivity index (χ0) is 14.4. The van der Waals surface area contributed by atoms with Gasteiger partial charge in [-0.3, -0.25) is 15.2 Å². The van der Waals surface area contributed by atoms with Gasteiger partial charge in [0, 0.05) is 0 Å². The van der Waals surface area contributed by atoms with Crippen molar-refractivity contribution in [3.05, 3.63) is 29.8 Å². The first kappa shape index (κ1) is 16.0. The molecule has 0 saturated heterocycles. The Morgan fingerprint density at radius 1 is 1.26 bits per heavy atom. The van der Waals surface area contributed by atoms with Gasteiger partial charge in [-0.05, 0) is 24.1 Å². The normalized spacial score (nSPS) is 12.3. The molecule has 0 bridgehead atoms. The minimum Gasteiger partial charge on any atom is -0.394 e. The second kappa shape index (κ2) is 7.52. The van der Waals surface area contributed by atoms with Gasteiger partial charge in [-0.1, -0.05) is 35.3 Å². The third kappa shape index (κ3) is 5.22. The van der Waals surface area contributed by atoms with Crippen molar-refractivity contribution in [2.45, 2.75) is 17.3 Å². The predicted molar refractivity (Wildman–Crippen MR) is 70.7 cm³/mol. The van der Waals surface area contributed by atoms with E-state index in [1.54, 1.807) is 12.1 Å². The Labute approximate surface area is 120 Å². The lowest BCUT2D eigenvalue weighted by atomic mass is 10.1. The fraction of sp³-hybridized carbons (Fsp3) is 0.364. The number of benzene rings is 1. The number of halogens is 2. The molecule has 0 heterocycles. The lowest BCUT2D eigenvalue weighted by Gasteiger charge is -2.17. The summed E-state index contributed by atoms with van der Waals surface area (Å²) < 4.78 is 0. The topological polar surface area (TPSA) is 93.0 Å². The summed E-state index contributed by atoms with van der Waals surface area (Å²) in [6, 6.07) is 5.73. The minimum absolute atomic E-state index is 0.000666. The molecule has 0 radical (unpaired) electrons. The van der Waals surface area contributed by atoms with Crippen LogP contribution in [0, 0.1) is 0 Å². The number of alkyl halides is 2. The van der Waals surface area contributed by atoms with Crippen molar-refractivity contribution in [3.63, 3.8) is 0 Å². The van der Waals surface area contributed by atoms with Crippen LogP contribution in [0.4, 0.5) is 5.69 Å². The maximum Gasteiger partial charge on any atom is 0.253 e. The minimum atomic E-state index is -1.19. The van der Waals surface area contributed by atoms with Crippen molar-refractivity contribution in [1.29, 1.82) is 0 Å². The zero-order valence-corrected chi connectivity index (χ0v) is 11.3. The fourth-order valence-corrected chi connectivity index (χ4v) is 1.60. The monoisotopic (exact) mass is 308 g/mol. The van der Waals surface area contributed by atoms with Crippen molar-refractivity contribution in [1.82, 2.24) is 5.32 Å². The van der Waals surface area contributed by atoms with Crippen molar-refractivity contribution >= 4 is 34.8 Å². The van der Waals surface area contributed by atoms with Crippen molar-refractivity contribution in [2.24, 2.45) is 0 Å². The van der Waals surface area contributed by atoms with Crippen molar-refractivity contribution < 1.29 is 20.3 Å². The molecule has 8 heteroatoms. The van der Waals surface area contributed by atoms with Gasteiger partial charge >= 0.3 is 0 Å². The first-order valence-electron chi connectivity index (χ1n) is 5.40. The first-order chi connectivity index (χ1) is 8.93. The van der Waals surface area contributed by atoms with E-state index in [-0.39, 0.29) is 17.5 Å². The highest BCUT2D eigenvalue weighted by Gasteiger charge is 2.17. The predicted octanol–water partition coefficient (Wildman–Crippen LogP) is 1.09. The number of nitrogens with one attached hydrogen (secondary N) is 1. The van der Waals surface area contributed by atoms with Crippen LogP contribution in [-0.2, 0) is 11.2 Å². The quantitative estimate of drug-likeness (QED) is 0.466. The van der Waals surface area contributed by atoms with E-state index in [0.717, 1.165) is 5.56 Å². The Kier molecular flexibility index (Phi) is 6.33. The summed E-state index contributed by atoms with van der Waals surface area (Å²) >= 11 is 10.8. The molecule has 1 amide bonds. The Morgan fingerprint density at radius 3 is 2.26 bits per heavy atom. The van der Waals surface area contributed by atoms with Crippen molar-refractivity contribution in [2.75, 3.05) is 11.8 Å². The maximum atomic E-state index is 11.3. The fourth-order valence-electron chi connectivity index (χ4n) is 1.48. The maximum absolute atomic E-state index is 11.3. The standard InChI is InChI=1S/C11H14Cl2N2O4/c12-10(13)11(17)14-8(6-16)5-7-1-3-9(4-2-7)15(18)19/h1-4,8,10,16,18-19H,5-6H2,(H,14,17)/t8-/m0/s1. The lowest BCUT2D eigenvalue weighted by molar-refractivity contribution is -0.120. The highest BCUT2D eigenvalue weighted by atomic mass is 35.5. The van der Waals surface area contributed by atoms with Gasteiger partial charge in [0.15, 0.2) is 4.84 Å². The van der Waals surface area contributed by atoms with Crippen LogP contribution in [0.15, 0.2) is 24.3 Å². The SMILES string of the molecule is O=C(N[C@H](CO)Cc1ccc(N(O)O)cc1)C(Cl)Cl. The number of amides is 1.